The van der Waals surface area contributed by atoms with E-state index in [9.17, 15) is 0 Å². The maximum atomic E-state index is 6.11. The number of nitrogens with one attached hydrogen (secondary N) is 1. The lowest BCUT2D eigenvalue weighted by molar-refractivity contribution is -0.0550. The molecular weight excluding hydrogens is 258 g/mol. The van der Waals surface area contributed by atoms with Crippen LogP contribution in [-0.2, 0) is 11.2 Å². The first-order valence-electron chi connectivity index (χ1n) is 8.59. The molecule has 1 aromatic carbocycles. The largest absolute Gasteiger partial charge is 0.377 e. The van der Waals surface area contributed by atoms with Crippen molar-refractivity contribution in [3.05, 3.63) is 35.4 Å². The molecule has 2 heteroatoms. The summed E-state index contributed by atoms with van der Waals surface area (Å²) in [6, 6.07) is 9.39. The van der Waals surface area contributed by atoms with Crippen molar-refractivity contribution < 1.29 is 4.74 Å². The minimum atomic E-state index is 0.0514. The van der Waals surface area contributed by atoms with E-state index in [0.717, 1.165) is 0 Å². The van der Waals surface area contributed by atoms with Gasteiger partial charge in [-0.25, -0.2) is 0 Å². The number of methoxy groups -OCH3 is 1. The Labute approximate surface area is 129 Å². The number of ether oxygens (including phenoxy) is 1. The zero-order valence-electron chi connectivity index (χ0n) is 13.5. The number of benzene rings is 1. The monoisotopic (exact) mass is 287 g/mol. The number of hydrogen-bond acceptors (Lipinski definition) is 2. The fourth-order valence-electron chi connectivity index (χ4n) is 4.48. The average molecular weight is 287 g/mol. The first kappa shape index (κ1) is 15.1. The zero-order chi connectivity index (χ0) is 14.7. The van der Waals surface area contributed by atoms with Gasteiger partial charge in [0.1, 0.15) is 0 Å². The van der Waals surface area contributed by atoms with Crippen molar-refractivity contribution in [2.24, 2.45) is 0 Å². The number of likely N-dealkylation sites (N-methyl/N-ethyl adjacent to an activating group) is 1. The Morgan fingerprint density at radius 2 is 1.90 bits per heavy atom. The lowest BCUT2D eigenvalue weighted by Crippen LogP contribution is -2.52. The third kappa shape index (κ3) is 2.89. The minimum absolute atomic E-state index is 0.0514. The average Bonchev–Trinajstić information content (AvgIpc) is 2.75. The summed E-state index contributed by atoms with van der Waals surface area (Å²) in [7, 11) is 4.03. The van der Waals surface area contributed by atoms with Gasteiger partial charge in [0.25, 0.3) is 0 Å². The molecule has 21 heavy (non-hydrogen) atoms. The van der Waals surface area contributed by atoms with E-state index in [0.29, 0.717) is 12.0 Å². The van der Waals surface area contributed by atoms with E-state index in [1.165, 1.54) is 51.4 Å². The van der Waals surface area contributed by atoms with E-state index < -0.39 is 0 Å². The smallest absolute Gasteiger partial charge is 0.0831 e. The highest BCUT2D eigenvalue weighted by atomic mass is 16.5. The number of rotatable bonds is 5. The van der Waals surface area contributed by atoms with Gasteiger partial charge in [-0.05, 0) is 49.8 Å². The molecule has 0 aliphatic heterocycles. The Morgan fingerprint density at radius 1 is 1.19 bits per heavy atom. The van der Waals surface area contributed by atoms with Gasteiger partial charge in [0, 0.05) is 13.2 Å². The standard InChI is InChI=1S/C19H29NO/c1-20-18(19(21-2)11-7-3-4-8-12-19)14-16-13-15-9-5-6-10-17(15)16/h5-6,9-10,16,18,20H,3-4,7-8,11-14H2,1-2H3. The molecule has 0 spiro atoms. The second-order valence-corrected chi connectivity index (χ2v) is 6.86. The molecule has 0 radical (unpaired) electrons. The molecular formula is C19H29NO. The predicted molar refractivity (Wildman–Crippen MR) is 87.8 cm³/mol. The maximum absolute atomic E-state index is 6.11. The lowest BCUT2D eigenvalue weighted by atomic mass is 9.71. The van der Waals surface area contributed by atoms with Crippen LogP contribution >= 0.6 is 0 Å². The van der Waals surface area contributed by atoms with Crippen LogP contribution in [0.5, 0.6) is 0 Å². The van der Waals surface area contributed by atoms with Crippen molar-refractivity contribution in [3.8, 4) is 0 Å². The fourth-order valence-corrected chi connectivity index (χ4v) is 4.48. The van der Waals surface area contributed by atoms with E-state index in [1.807, 2.05) is 7.11 Å². The van der Waals surface area contributed by atoms with Crippen LogP contribution in [0.15, 0.2) is 24.3 Å². The van der Waals surface area contributed by atoms with Crippen molar-refractivity contribution in [2.75, 3.05) is 14.2 Å². The summed E-state index contributed by atoms with van der Waals surface area (Å²) in [4.78, 5) is 0. The highest BCUT2D eigenvalue weighted by Gasteiger charge is 2.41. The van der Waals surface area contributed by atoms with E-state index in [2.05, 4.69) is 36.6 Å². The van der Waals surface area contributed by atoms with Crippen LogP contribution in [0.4, 0.5) is 0 Å². The molecule has 0 bridgehead atoms. The van der Waals surface area contributed by atoms with Gasteiger partial charge in [-0.2, -0.15) is 0 Å². The first-order valence-corrected chi connectivity index (χ1v) is 8.59. The van der Waals surface area contributed by atoms with Gasteiger partial charge >= 0.3 is 0 Å². The van der Waals surface area contributed by atoms with Gasteiger partial charge in [-0.1, -0.05) is 49.9 Å². The van der Waals surface area contributed by atoms with Crippen LogP contribution in [0, 0.1) is 0 Å². The molecule has 0 aromatic heterocycles. The second kappa shape index (κ2) is 6.50. The third-order valence-electron chi connectivity index (χ3n) is 5.82. The maximum Gasteiger partial charge on any atom is 0.0831 e. The van der Waals surface area contributed by atoms with Crippen molar-refractivity contribution in [2.45, 2.75) is 68.9 Å². The SMILES string of the molecule is CNC(CC1Cc2ccccc21)C1(OC)CCCCCC1. The Kier molecular flexibility index (Phi) is 4.66. The second-order valence-electron chi connectivity index (χ2n) is 6.86. The molecule has 1 N–H and O–H groups in total. The summed E-state index contributed by atoms with van der Waals surface area (Å²) < 4.78 is 6.11. The quantitative estimate of drug-likeness (QED) is 0.825. The molecule has 1 fully saturated rings. The van der Waals surface area contributed by atoms with Crippen LogP contribution in [0.1, 0.15) is 62.0 Å². The highest BCUT2D eigenvalue weighted by Crippen LogP contribution is 2.42. The van der Waals surface area contributed by atoms with Crippen LogP contribution < -0.4 is 5.32 Å². The fraction of sp³-hybridized carbons (Fsp3) is 0.684. The van der Waals surface area contributed by atoms with E-state index in [4.69, 9.17) is 4.74 Å². The molecule has 2 atom stereocenters. The summed E-state index contributed by atoms with van der Waals surface area (Å²) in [5.74, 6) is 0.717. The van der Waals surface area contributed by atoms with Gasteiger partial charge < -0.3 is 10.1 Å². The van der Waals surface area contributed by atoms with Gasteiger partial charge in [0.05, 0.1) is 5.60 Å². The predicted octanol–water partition coefficient (Wildman–Crippen LogP) is 4.04. The minimum Gasteiger partial charge on any atom is -0.377 e. The molecule has 116 valence electrons. The van der Waals surface area contributed by atoms with Crippen molar-refractivity contribution in [3.63, 3.8) is 0 Å². The van der Waals surface area contributed by atoms with Crippen LogP contribution in [0.3, 0.4) is 0 Å². The summed E-state index contributed by atoms with van der Waals surface area (Å²) in [5, 5.41) is 3.60. The van der Waals surface area contributed by atoms with Gasteiger partial charge in [0.2, 0.25) is 0 Å². The van der Waals surface area contributed by atoms with E-state index in [1.54, 1.807) is 11.1 Å². The van der Waals surface area contributed by atoms with Crippen LogP contribution in [0.2, 0.25) is 0 Å². The lowest BCUT2D eigenvalue weighted by Gasteiger charge is -2.43. The molecule has 2 unspecified atom stereocenters. The van der Waals surface area contributed by atoms with Crippen molar-refractivity contribution >= 4 is 0 Å². The molecule has 0 saturated heterocycles. The van der Waals surface area contributed by atoms with E-state index in [-0.39, 0.29) is 5.60 Å². The zero-order valence-corrected chi connectivity index (χ0v) is 13.5. The third-order valence-corrected chi connectivity index (χ3v) is 5.82. The summed E-state index contributed by atoms with van der Waals surface area (Å²) in [5.41, 5.74) is 3.16. The van der Waals surface area contributed by atoms with Gasteiger partial charge in [0.15, 0.2) is 0 Å². The Hall–Kier alpha value is -0.860. The van der Waals surface area contributed by atoms with Crippen LogP contribution in [0.25, 0.3) is 0 Å². The molecule has 0 amide bonds. The Bertz CT molecular complexity index is 462. The summed E-state index contributed by atoms with van der Waals surface area (Å²) >= 11 is 0. The van der Waals surface area contributed by atoms with Crippen molar-refractivity contribution in [1.82, 2.24) is 5.32 Å². The molecule has 3 rings (SSSR count). The number of fused-ring (bicyclic) bond motifs is 1. The van der Waals surface area contributed by atoms with Crippen LogP contribution in [-0.4, -0.2) is 25.8 Å². The Balaban J connectivity index is 1.72. The summed E-state index contributed by atoms with van der Waals surface area (Å²) in [6.07, 6.45) is 10.2. The topological polar surface area (TPSA) is 21.3 Å². The first-order chi connectivity index (χ1) is 10.3. The van der Waals surface area contributed by atoms with Gasteiger partial charge in [-0.3, -0.25) is 0 Å². The molecule has 2 nitrogen and oxygen atoms in total. The normalized spacial score (nSPS) is 25.5. The number of hydrogen-bond donors (Lipinski definition) is 1. The molecule has 2 aliphatic carbocycles. The van der Waals surface area contributed by atoms with E-state index >= 15 is 0 Å². The highest BCUT2D eigenvalue weighted by molar-refractivity contribution is 5.40. The Morgan fingerprint density at radius 3 is 2.52 bits per heavy atom. The molecule has 2 aliphatic rings. The summed E-state index contributed by atoms with van der Waals surface area (Å²) in [6.45, 7) is 0. The van der Waals surface area contributed by atoms with Crippen molar-refractivity contribution in [1.29, 1.82) is 0 Å². The molecule has 1 saturated carbocycles. The molecule has 0 heterocycles. The van der Waals surface area contributed by atoms with Gasteiger partial charge in [-0.15, -0.1) is 0 Å². The molecule has 1 aromatic rings.